The monoisotopic (exact) mass is 348 g/mol. The second-order valence-electron chi connectivity index (χ2n) is 7.20. The van der Waals surface area contributed by atoms with Crippen LogP contribution in [0.15, 0.2) is 24.5 Å². The molecule has 0 spiro atoms. The van der Waals surface area contributed by atoms with E-state index >= 15 is 0 Å². The minimum atomic E-state index is -2.58. The smallest absolute Gasteiger partial charge is 0.248 e. The van der Waals surface area contributed by atoms with E-state index in [2.05, 4.69) is 10.1 Å². The lowest BCUT2D eigenvalue weighted by atomic mass is 9.85. The van der Waals surface area contributed by atoms with Gasteiger partial charge in [-0.05, 0) is 31.7 Å². The van der Waals surface area contributed by atoms with Crippen LogP contribution in [-0.2, 0) is 4.79 Å². The molecule has 1 aliphatic heterocycles. The number of nitrogens with zero attached hydrogens (tertiary/aromatic N) is 4. The van der Waals surface area contributed by atoms with Crippen LogP contribution in [0, 0.1) is 5.92 Å². The van der Waals surface area contributed by atoms with Crippen molar-refractivity contribution in [2.75, 3.05) is 13.1 Å². The van der Waals surface area contributed by atoms with E-state index in [1.165, 1.54) is 0 Å². The Morgan fingerprint density at radius 3 is 2.52 bits per heavy atom. The fourth-order valence-electron chi connectivity index (χ4n) is 4.10. The molecule has 134 valence electrons. The maximum Gasteiger partial charge on any atom is 0.248 e. The van der Waals surface area contributed by atoms with Crippen LogP contribution in [0.5, 0.6) is 0 Å². The highest BCUT2D eigenvalue weighted by Gasteiger charge is 2.39. The summed E-state index contributed by atoms with van der Waals surface area (Å²) in [5.41, 5.74) is 1.96. The number of rotatable bonds is 2. The molecule has 7 heteroatoms. The van der Waals surface area contributed by atoms with Crippen molar-refractivity contribution in [1.82, 2.24) is 19.5 Å². The van der Waals surface area contributed by atoms with Gasteiger partial charge in [-0.25, -0.2) is 18.3 Å². The first kappa shape index (κ1) is 16.4. The zero-order valence-corrected chi connectivity index (χ0v) is 14.1. The van der Waals surface area contributed by atoms with Crippen molar-refractivity contribution in [2.45, 2.75) is 50.4 Å². The van der Waals surface area contributed by atoms with Gasteiger partial charge < -0.3 is 4.90 Å². The highest BCUT2D eigenvalue weighted by molar-refractivity contribution is 5.79. The molecule has 1 saturated heterocycles. The largest absolute Gasteiger partial charge is 0.342 e. The van der Waals surface area contributed by atoms with Crippen molar-refractivity contribution in [1.29, 1.82) is 0 Å². The Hall–Kier alpha value is -2.05. The summed E-state index contributed by atoms with van der Waals surface area (Å²) in [6, 6.07) is 3.87. The minimum absolute atomic E-state index is 0.0629. The molecular weight excluding hydrogens is 326 g/mol. The summed E-state index contributed by atoms with van der Waals surface area (Å²) in [5.74, 6) is -2.41. The van der Waals surface area contributed by atoms with Crippen molar-refractivity contribution in [3.05, 3.63) is 30.2 Å². The summed E-state index contributed by atoms with van der Waals surface area (Å²) in [7, 11) is 0. The van der Waals surface area contributed by atoms with E-state index in [0.29, 0.717) is 31.8 Å². The van der Waals surface area contributed by atoms with Crippen molar-refractivity contribution in [2.24, 2.45) is 5.92 Å². The molecule has 0 bridgehead atoms. The lowest BCUT2D eigenvalue weighted by molar-refractivity contribution is -0.140. The van der Waals surface area contributed by atoms with Crippen LogP contribution in [-0.4, -0.2) is 44.4 Å². The molecule has 2 aromatic rings. The Kier molecular flexibility index (Phi) is 4.17. The van der Waals surface area contributed by atoms with Crippen molar-refractivity contribution < 1.29 is 13.6 Å². The molecule has 0 unspecified atom stereocenters. The molecule has 3 heterocycles. The van der Waals surface area contributed by atoms with E-state index in [0.717, 1.165) is 24.2 Å². The molecule has 0 aromatic carbocycles. The number of carbonyl (C=O) groups excluding carboxylic acids is 1. The number of likely N-dealkylation sites (tertiary alicyclic amines) is 1. The Morgan fingerprint density at radius 1 is 1.08 bits per heavy atom. The molecule has 0 N–H and O–H groups in total. The van der Waals surface area contributed by atoms with E-state index in [-0.39, 0.29) is 24.7 Å². The first-order valence-electron chi connectivity index (χ1n) is 8.99. The maximum absolute atomic E-state index is 13.3. The standard InChI is InChI=1S/C18H22F2N4O/c19-18(20)7-1-14(2-8-18)17(25)23-11-5-13(6-12-23)15-3-9-21-16-4-10-22-24(15)16/h3-4,9-10,13-14H,1-2,5-8,11-12H2. The number of hydrogen-bond acceptors (Lipinski definition) is 3. The van der Waals surface area contributed by atoms with Crippen LogP contribution in [0.2, 0.25) is 0 Å². The fraction of sp³-hybridized carbons (Fsp3) is 0.611. The summed E-state index contributed by atoms with van der Waals surface area (Å²) in [6.07, 6.45) is 5.58. The zero-order valence-electron chi connectivity index (χ0n) is 14.1. The fourth-order valence-corrected chi connectivity index (χ4v) is 4.10. The van der Waals surface area contributed by atoms with E-state index in [9.17, 15) is 13.6 Å². The third-order valence-electron chi connectivity index (χ3n) is 5.61. The topological polar surface area (TPSA) is 50.5 Å². The van der Waals surface area contributed by atoms with Gasteiger partial charge in [0.15, 0.2) is 5.65 Å². The molecule has 5 nitrogen and oxygen atoms in total. The molecule has 1 saturated carbocycles. The summed E-state index contributed by atoms with van der Waals surface area (Å²) in [6.45, 7) is 1.36. The number of aromatic nitrogens is 3. The summed E-state index contributed by atoms with van der Waals surface area (Å²) in [5, 5.41) is 4.34. The third-order valence-corrected chi connectivity index (χ3v) is 5.61. The highest BCUT2D eigenvalue weighted by Crippen LogP contribution is 2.37. The van der Waals surface area contributed by atoms with Crippen molar-refractivity contribution in [3.63, 3.8) is 0 Å². The van der Waals surface area contributed by atoms with Crippen LogP contribution in [0.3, 0.4) is 0 Å². The molecule has 2 aliphatic rings. The normalized spacial score (nSPS) is 22.4. The molecular formula is C18H22F2N4O. The molecule has 2 aromatic heterocycles. The quantitative estimate of drug-likeness (QED) is 0.837. The summed E-state index contributed by atoms with van der Waals surface area (Å²) in [4.78, 5) is 18.8. The molecule has 2 fully saturated rings. The number of hydrogen-bond donors (Lipinski definition) is 0. The van der Waals surface area contributed by atoms with Crippen LogP contribution >= 0.6 is 0 Å². The molecule has 0 radical (unpaired) electrons. The predicted octanol–water partition coefficient (Wildman–Crippen LogP) is 3.26. The molecule has 4 rings (SSSR count). The number of carbonyl (C=O) groups is 1. The number of halogens is 2. The van der Waals surface area contributed by atoms with E-state index in [1.807, 2.05) is 21.5 Å². The lowest BCUT2D eigenvalue weighted by Crippen LogP contribution is -2.43. The maximum atomic E-state index is 13.3. The Morgan fingerprint density at radius 2 is 1.80 bits per heavy atom. The Balaban J connectivity index is 1.38. The predicted molar refractivity (Wildman–Crippen MR) is 88.4 cm³/mol. The summed E-state index contributed by atoms with van der Waals surface area (Å²) < 4.78 is 28.4. The van der Waals surface area contributed by atoms with Gasteiger partial charge in [0.2, 0.25) is 11.8 Å². The third kappa shape index (κ3) is 3.24. The van der Waals surface area contributed by atoms with E-state index < -0.39 is 5.92 Å². The number of alkyl halides is 2. The zero-order chi connectivity index (χ0) is 17.4. The average molecular weight is 348 g/mol. The van der Waals surface area contributed by atoms with Crippen LogP contribution < -0.4 is 0 Å². The van der Waals surface area contributed by atoms with Gasteiger partial charge in [-0.15, -0.1) is 0 Å². The van der Waals surface area contributed by atoms with Gasteiger partial charge in [0.05, 0.1) is 6.20 Å². The number of piperidine rings is 1. The highest BCUT2D eigenvalue weighted by atomic mass is 19.3. The van der Waals surface area contributed by atoms with Crippen LogP contribution in [0.4, 0.5) is 8.78 Å². The average Bonchev–Trinajstić information content (AvgIpc) is 3.10. The second kappa shape index (κ2) is 6.35. The molecule has 0 atom stereocenters. The first-order chi connectivity index (χ1) is 12.0. The van der Waals surface area contributed by atoms with E-state index in [4.69, 9.17) is 0 Å². The van der Waals surface area contributed by atoms with Gasteiger partial charge in [-0.2, -0.15) is 5.10 Å². The van der Waals surface area contributed by atoms with Gasteiger partial charge in [0.25, 0.3) is 0 Å². The van der Waals surface area contributed by atoms with Crippen LogP contribution in [0.25, 0.3) is 5.65 Å². The van der Waals surface area contributed by atoms with Gasteiger partial charge in [0.1, 0.15) is 0 Å². The van der Waals surface area contributed by atoms with Crippen molar-refractivity contribution >= 4 is 11.6 Å². The molecule has 1 aliphatic carbocycles. The van der Waals surface area contributed by atoms with Gasteiger partial charge in [-0.1, -0.05) is 0 Å². The number of amides is 1. The van der Waals surface area contributed by atoms with E-state index in [1.54, 1.807) is 12.4 Å². The van der Waals surface area contributed by atoms with Gasteiger partial charge in [0, 0.05) is 55.7 Å². The molecule has 25 heavy (non-hydrogen) atoms. The first-order valence-corrected chi connectivity index (χ1v) is 8.99. The lowest BCUT2D eigenvalue weighted by Gasteiger charge is -2.36. The Bertz CT molecular complexity index is 757. The van der Waals surface area contributed by atoms with Gasteiger partial charge in [-0.3, -0.25) is 4.79 Å². The SMILES string of the molecule is O=C(C1CCC(F)(F)CC1)N1CCC(c2ccnc3ccnn23)CC1. The van der Waals surface area contributed by atoms with Crippen molar-refractivity contribution in [3.8, 4) is 0 Å². The summed E-state index contributed by atoms with van der Waals surface area (Å²) >= 11 is 0. The number of fused-ring (bicyclic) bond motifs is 1. The minimum Gasteiger partial charge on any atom is -0.342 e. The van der Waals surface area contributed by atoms with Gasteiger partial charge >= 0.3 is 0 Å². The van der Waals surface area contributed by atoms with Crippen LogP contribution in [0.1, 0.15) is 50.1 Å². The Labute approximate surface area is 145 Å². The molecule has 1 amide bonds. The second-order valence-corrected chi connectivity index (χ2v) is 7.20.